The van der Waals surface area contributed by atoms with E-state index < -0.39 is 12.0 Å². The van der Waals surface area contributed by atoms with Crippen molar-refractivity contribution in [2.75, 3.05) is 47.8 Å². The number of hydrogen-bond acceptors (Lipinski definition) is 10. The molecule has 0 amide bonds. The van der Waals surface area contributed by atoms with Crippen LogP contribution in [0.1, 0.15) is 44.4 Å². The van der Waals surface area contributed by atoms with E-state index in [0.29, 0.717) is 62.4 Å². The van der Waals surface area contributed by atoms with Crippen LogP contribution in [0, 0.1) is 0 Å². The van der Waals surface area contributed by atoms with Crippen LogP contribution in [0.15, 0.2) is 57.5 Å². The number of allylic oxidation sites excluding steroid dienone is 1. The summed E-state index contributed by atoms with van der Waals surface area (Å²) in [5.74, 6) is 1.43. The zero-order chi connectivity index (χ0) is 30.2. The van der Waals surface area contributed by atoms with Gasteiger partial charge >= 0.3 is 5.97 Å². The summed E-state index contributed by atoms with van der Waals surface area (Å²) in [5.41, 5.74) is 1.61. The van der Waals surface area contributed by atoms with Crippen molar-refractivity contribution in [3.8, 4) is 23.0 Å². The summed E-state index contributed by atoms with van der Waals surface area (Å²) < 4.78 is 35.6. The largest absolute Gasteiger partial charge is 0.493 e. The lowest BCUT2D eigenvalue weighted by Gasteiger charge is -2.27. The van der Waals surface area contributed by atoms with Gasteiger partial charge in [-0.25, -0.2) is 9.79 Å². The number of benzene rings is 2. The van der Waals surface area contributed by atoms with E-state index in [1.807, 2.05) is 38.1 Å². The molecule has 0 radical (unpaired) electrons. The summed E-state index contributed by atoms with van der Waals surface area (Å²) in [6.07, 6.45) is 2.57. The normalized spacial score (nSPS) is 14.7. The molecule has 224 valence electrons. The molecule has 1 atom stereocenters. The number of esters is 1. The fourth-order valence-electron chi connectivity index (χ4n) is 4.69. The van der Waals surface area contributed by atoms with E-state index in [1.165, 1.54) is 23.0 Å². The summed E-state index contributed by atoms with van der Waals surface area (Å²) in [7, 11) is 4.64. The highest BCUT2D eigenvalue weighted by Gasteiger charge is 2.36. The van der Waals surface area contributed by atoms with Crippen LogP contribution >= 0.6 is 11.3 Å². The Hall–Kier alpha value is -4.09. The van der Waals surface area contributed by atoms with Crippen molar-refractivity contribution in [3.05, 3.63) is 78.5 Å². The highest BCUT2D eigenvalue weighted by Crippen LogP contribution is 2.41. The monoisotopic (exact) mass is 596 g/mol. The number of para-hydroxylation sites is 2. The van der Waals surface area contributed by atoms with Crippen molar-refractivity contribution in [1.82, 2.24) is 4.57 Å². The maximum Gasteiger partial charge on any atom is 0.338 e. The molecule has 0 saturated carbocycles. The maximum atomic E-state index is 14.2. The maximum absolute atomic E-state index is 14.2. The van der Waals surface area contributed by atoms with Gasteiger partial charge in [-0.3, -0.25) is 9.36 Å². The van der Waals surface area contributed by atoms with Gasteiger partial charge in [0.15, 0.2) is 27.8 Å². The van der Waals surface area contributed by atoms with Gasteiger partial charge in [-0.2, -0.15) is 0 Å². The average molecular weight is 597 g/mol. The Bertz CT molecular complexity index is 1640. The zero-order valence-corrected chi connectivity index (χ0v) is 25.5. The van der Waals surface area contributed by atoms with Crippen molar-refractivity contribution in [3.63, 3.8) is 0 Å². The molecule has 11 heteroatoms. The topological polar surface area (TPSA) is 107 Å². The Labute approximate surface area is 248 Å². The molecule has 0 fully saturated rings. The van der Waals surface area contributed by atoms with Gasteiger partial charge in [0, 0.05) is 18.2 Å². The summed E-state index contributed by atoms with van der Waals surface area (Å²) in [6, 6.07) is 10.0. The SMILES string of the molecule is CCCOc1c(/C=c2/sc3n(c2=O)[C@H](c2cccc(OC)c2OCC)C(C(=O)OCCOC)=C(C)N=3)cccc1OC. The number of aromatic nitrogens is 1. The van der Waals surface area contributed by atoms with Gasteiger partial charge in [0.25, 0.3) is 5.56 Å². The summed E-state index contributed by atoms with van der Waals surface area (Å²) in [4.78, 5) is 32.8. The average Bonchev–Trinajstić information content (AvgIpc) is 3.29. The number of carbonyl (C=O) groups excluding carboxylic acids is 1. The third-order valence-corrected chi connectivity index (χ3v) is 7.52. The van der Waals surface area contributed by atoms with Gasteiger partial charge in [-0.15, -0.1) is 0 Å². The second-order valence-electron chi connectivity index (χ2n) is 9.25. The number of methoxy groups -OCH3 is 3. The van der Waals surface area contributed by atoms with Gasteiger partial charge < -0.3 is 28.4 Å². The number of ether oxygens (including phenoxy) is 6. The predicted octanol–water partition coefficient (Wildman–Crippen LogP) is 3.63. The van der Waals surface area contributed by atoms with Crippen molar-refractivity contribution in [2.45, 2.75) is 33.2 Å². The van der Waals surface area contributed by atoms with Crippen LogP contribution in [0.5, 0.6) is 23.0 Å². The van der Waals surface area contributed by atoms with E-state index >= 15 is 0 Å². The van der Waals surface area contributed by atoms with Gasteiger partial charge in [0.05, 0.1) is 49.8 Å². The van der Waals surface area contributed by atoms with Crippen LogP contribution in [0.4, 0.5) is 0 Å². The Morgan fingerprint density at radius 3 is 2.36 bits per heavy atom. The summed E-state index contributed by atoms with van der Waals surface area (Å²) in [5, 5.41) is 0. The van der Waals surface area contributed by atoms with E-state index in [1.54, 1.807) is 39.4 Å². The number of nitrogens with zero attached hydrogens (tertiary/aromatic N) is 2. The summed E-state index contributed by atoms with van der Waals surface area (Å²) >= 11 is 1.22. The first-order valence-electron chi connectivity index (χ1n) is 13.7. The molecule has 10 nitrogen and oxygen atoms in total. The fraction of sp³-hybridized carbons (Fsp3) is 0.387. The molecule has 0 spiro atoms. The fourth-order valence-corrected chi connectivity index (χ4v) is 5.72. The van der Waals surface area contributed by atoms with Crippen molar-refractivity contribution >= 4 is 23.4 Å². The number of thiazole rings is 1. The van der Waals surface area contributed by atoms with E-state index in [0.717, 1.165) is 6.42 Å². The highest BCUT2D eigenvalue weighted by molar-refractivity contribution is 7.07. The molecule has 3 aromatic rings. The first kappa shape index (κ1) is 30.9. The Balaban J connectivity index is 1.97. The van der Waals surface area contributed by atoms with Crippen LogP contribution in [0.3, 0.4) is 0 Å². The van der Waals surface area contributed by atoms with Crippen LogP contribution < -0.4 is 33.8 Å². The first-order chi connectivity index (χ1) is 20.4. The lowest BCUT2D eigenvalue weighted by atomic mass is 9.94. The van der Waals surface area contributed by atoms with Crippen LogP contribution in [-0.2, 0) is 14.3 Å². The van der Waals surface area contributed by atoms with Crippen LogP contribution in [-0.4, -0.2) is 58.3 Å². The lowest BCUT2D eigenvalue weighted by molar-refractivity contribution is -0.140. The standard InChI is InChI=1S/C31H36N2O8S/c1-7-15-40-27-20(11-9-13-22(27)37-5)18-24-29(34)33-26(21-12-10-14-23(38-6)28(21)39-8-2)25(19(3)32-31(33)42-24)30(35)41-17-16-36-4/h9-14,18,26H,7-8,15-17H2,1-6H3/b24-18+/t26-/m1/s1. The van der Waals surface area contributed by atoms with Crippen molar-refractivity contribution < 1.29 is 33.2 Å². The van der Waals surface area contributed by atoms with Crippen molar-refractivity contribution in [1.29, 1.82) is 0 Å². The number of fused-ring (bicyclic) bond motifs is 1. The smallest absolute Gasteiger partial charge is 0.338 e. The molecular weight excluding hydrogens is 560 g/mol. The molecule has 2 aromatic carbocycles. The van der Waals surface area contributed by atoms with E-state index in [9.17, 15) is 9.59 Å². The molecule has 0 unspecified atom stereocenters. The minimum Gasteiger partial charge on any atom is -0.493 e. The van der Waals surface area contributed by atoms with E-state index in [4.69, 9.17) is 28.4 Å². The van der Waals surface area contributed by atoms with Gasteiger partial charge in [-0.1, -0.05) is 42.5 Å². The molecule has 0 aliphatic carbocycles. The molecule has 1 aromatic heterocycles. The third kappa shape index (κ3) is 6.22. The number of rotatable bonds is 13. The quantitative estimate of drug-likeness (QED) is 0.218. The van der Waals surface area contributed by atoms with Crippen LogP contribution in [0.2, 0.25) is 0 Å². The highest BCUT2D eigenvalue weighted by atomic mass is 32.1. The summed E-state index contributed by atoms with van der Waals surface area (Å²) in [6.45, 7) is 6.73. The molecule has 2 heterocycles. The lowest BCUT2D eigenvalue weighted by Crippen LogP contribution is -2.40. The molecule has 0 saturated heterocycles. The Kier molecular flexibility index (Phi) is 10.4. The third-order valence-electron chi connectivity index (χ3n) is 6.54. The van der Waals surface area contributed by atoms with Crippen molar-refractivity contribution in [2.24, 2.45) is 4.99 Å². The van der Waals surface area contributed by atoms with Crippen LogP contribution in [0.25, 0.3) is 6.08 Å². The zero-order valence-electron chi connectivity index (χ0n) is 24.7. The molecular formula is C31H36N2O8S. The Morgan fingerprint density at radius 2 is 1.69 bits per heavy atom. The van der Waals surface area contributed by atoms with Gasteiger partial charge in [0.2, 0.25) is 0 Å². The molecule has 0 N–H and O–H groups in total. The molecule has 1 aliphatic rings. The first-order valence-corrected chi connectivity index (χ1v) is 14.5. The predicted molar refractivity (Wildman–Crippen MR) is 160 cm³/mol. The van der Waals surface area contributed by atoms with Gasteiger partial charge in [0.1, 0.15) is 12.6 Å². The molecule has 0 bridgehead atoms. The van der Waals surface area contributed by atoms with Gasteiger partial charge in [-0.05, 0) is 38.5 Å². The minimum atomic E-state index is -0.879. The number of hydrogen-bond donors (Lipinski definition) is 0. The molecule has 4 rings (SSSR count). The Morgan fingerprint density at radius 1 is 0.976 bits per heavy atom. The minimum absolute atomic E-state index is 0.0516. The molecule has 1 aliphatic heterocycles. The second-order valence-corrected chi connectivity index (χ2v) is 10.3. The van der Waals surface area contributed by atoms with E-state index in [2.05, 4.69) is 4.99 Å². The van der Waals surface area contributed by atoms with E-state index in [-0.39, 0.29) is 24.3 Å². The second kappa shape index (κ2) is 14.2. The molecule has 42 heavy (non-hydrogen) atoms. The number of carbonyl (C=O) groups is 1.